The highest BCUT2D eigenvalue weighted by Crippen LogP contribution is 2.55. The van der Waals surface area contributed by atoms with Crippen molar-refractivity contribution >= 4 is 17.9 Å². The number of fused-ring (bicyclic) bond motifs is 2. The second-order valence-electron chi connectivity index (χ2n) is 15.7. The topological polar surface area (TPSA) is 87.7 Å². The Morgan fingerprint density at radius 2 is 1.28 bits per heavy atom. The van der Waals surface area contributed by atoms with Crippen LogP contribution in [0, 0.1) is 46.3 Å². The number of rotatable bonds is 8. The SMILES string of the molecule is C=C1CCC[C@]2(C)CC[C@@H](C(C)C)[C@H](NC(=O)CN(CC(=O)OC)C(=O)N[C@@H]3[C@H]4C(=C)CCC[C@]4(C)CC[C@H]3C(C)C)[C@@H]12. The first-order chi connectivity index (χ1) is 20.2. The largest absolute Gasteiger partial charge is 0.468 e. The standard InChI is InChI=1S/C36H59N3O4/c1-22(2)26-14-18-35(7)16-10-12-24(5)30(35)32(26)37-28(40)20-39(21-29(41)43-9)34(42)38-33-27(23(3)4)15-19-36(8)17-11-13-25(6)31(33)36/h22-23,26-27,30-33H,5-6,10-21H2,1-4,7-9H3,(H,37,40)(H,38,42)/t26-,27-,30+,31+,32-,33-,35+,36+/m0/s1. The Labute approximate surface area is 261 Å². The summed E-state index contributed by atoms with van der Waals surface area (Å²) < 4.78 is 4.96. The van der Waals surface area contributed by atoms with Gasteiger partial charge >= 0.3 is 12.0 Å². The molecule has 2 N–H and O–H groups in total. The number of amides is 3. The first kappa shape index (κ1) is 33.6. The van der Waals surface area contributed by atoms with Gasteiger partial charge in [-0.15, -0.1) is 0 Å². The van der Waals surface area contributed by atoms with E-state index in [1.54, 1.807) is 0 Å². The number of esters is 1. The maximum absolute atomic E-state index is 14.0. The number of ether oxygens (including phenoxy) is 1. The average molecular weight is 598 g/mol. The van der Waals surface area contributed by atoms with E-state index in [2.05, 4.69) is 65.3 Å². The molecule has 4 saturated carbocycles. The molecule has 0 saturated heterocycles. The van der Waals surface area contributed by atoms with Gasteiger partial charge < -0.3 is 20.3 Å². The molecule has 0 spiro atoms. The van der Waals surface area contributed by atoms with Crippen LogP contribution in [0.5, 0.6) is 0 Å². The lowest BCUT2D eigenvalue weighted by atomic mass is 9.53. The van der Waals surface area contributed by atoms with Crippen molar-refractivity contribution < 1.29 is 19.1 Å². The monoisotopic (exact) mass is 597 g/mol. The van der Waals surface area contributed by atoms with Gasteiger partial charge in [-0.05, 0) is 98.7 Å². The summed E-state index contributed by atoms with van der Waals surface area (Å²) in [6.07, 6.45) is 10.9. The van der Waals surface area contributed by atoms with Crippen molar-refractivity contribution in [3.63, 3.8) is 0 Å². The molecule has 0 bridgehead atoms. The summed E-state index contributed by atoms with van der Waals surface area (Å²) in [5.74, 6) is 1.08. The number of carbonyl (C=O) groups is 3. The number of methoxy groups -OCH3 is 1. The molecule has 4 aliphatic rings. The van der Waals surface area contributed by atoms with E-state index < -0.39 is 5.97 Å². The van der Waals surface area contributed by atoms with Crippen LogP contribution < -0.4 is 10.6 Å². The molecule has 43 heavy (non-hydrogen) atoms. The Balaban J connectivity index is 1.56. The van der Waals surface area contributed by atoms with Gasteiger partial charge in [-0.2, -0.15) is 0 Å². The number of urea groups is 1. The molecule has 0 aromatic rings. The quantitative estimate of drug-likeness (QED) is 0.236. The van der Waals surface area contributed by atoms with Crippen LogP contribution in [0.1, 0.15) is 106 Å². The summed E-state index contributed by atoms with van der Waals surface area (Å²) in [4.78, 5) is 41.7. The van der Waals surface area contributed by atoms with Crippen molar-refractivity contribution in [2.75, 3.05) is 20.2 Å². The van der Waals surface area contributed by atoms with Crippen molar-refractivity contribution in [3.8, 4) is 0 Å². The average Bonchev–Trinajstić information content (AvgIpc) is 2.91. The van der Waals surface area contributed by atoms with Gasteiger partial charge in [-0.25, -0.2) is 4.79 Å². The van der Waals surface area contributed by atoms with E-state index in [1.165, 1.54) is 23.2 Å². The second kappa shape index (κ2) is 13.4. The minimum Gasteiger partial charge on any atom is -0.468 e. The maximum atomic E-state index is 14.0. The first-order valence-corrected chi connectivity index (χ1v) is 17.0. The van der Waals surface area contributed by atoms with Crippen LogP contribution in [0.2, 0.25) is 0 Å². The fraction of sp³-hybridized carbons (Fsp3) is 0.806. The third-order valence-electron chi connectivity index (χ3n) is 12.1. The summed E-state index contributed by atoms with van der Waals surface area (Å²) >= 11 is 0. The highest BCUT2D eigenvalue weighted by molar-refractivity contribution is 5.87. The fourth-order valence-electron chi connectivity index (χ4n) is 9.76. The van der Waals surface area contributed by atoms with E-state index in [1.807, 2.05) is 0 Å². The van der Waals surface area contributed by atoms with Crippen molar-refractivity contribution in [2.24, 2.45) is 46.3 Å². The van der Waals surface area contributed by atoms with E-state index in [0.29, 0.717) is 23.7 Å². The van der Waals surface area contributed by atoms with E-state index in [0.717, 1.165) is 64.2 Å². The zero-order valence-corrected chi connectivity index (χ0v) is 28.1. The zero-order valence-electron chi connectivity index (χ0n) is 28.1. The summed E-state index contributed by atoms with van der Waals surface area (Å²) in [6, 6.07) is -0.496. The van der Waals surface area contributed by atoms with E-state index in [9.17, 15) is 14.4 Å². The van der Waals surface area contributed by atoms with E-state index in [4.69, 9.17) is 4.74 Å². The Morgan fingerprint density at radius 3 is 1.72 bits per heavy atom. The van der Waals surface area contributed by atoms with Gasteiger partial charge in [0.1, 0.15) is 13.1 Å². The second-order valence-corrected chi connectivity index (χ2v) is 15.7. The molecule has 3 amide bonds. The normalized spacial score (nSPS) is 36.0. The molecule has 7 nitrogen and oxygen atoms in total. The number of nitrogens with one attached hydrogen (secondary N) is 2. The molecule has 7 heteroatoms. The van der Waals surface area contributed by atoms with Crippen molar-refractivity contribution in [2.45, 2.75) is 118 Å². The molecule has 0 radical (unpaired) electrons. The molecular weight excluding hydrogens is 538 g/mol. The minimum absolute atomic E-state index is 0.0305. The Bertz CT molecular complexity index is 1080. The lowest BCUT2D eigenvalue weighted by Crippen LogP contribution is -2.61. The van der Waals surface area contributed by atoms with Crippen LogP contribution in [-0.2, 0) is 14.3 Å². The number of hydrogen-bond donors (Lipinski definition) is 2. The minimum atomic E-state index is -0.537. The summed E-state index contributed by atoms with van der Waals surface area (Å²) in [6.45, 7) is 22.1. The number of nitrogens with zero attached hydrogens (tertiary/aromatic N) is 1. The predicted octanol–water partition coefficient (Wildman–Crippen LogP) is 6.88. The lowest BCUT2D eigenvalue weighted by Gasteiger charge is -2.54. The van der Waals surface area contributed by atoms with Crippen LogP contribution >= 0.6 is 0 Å². The molecule has 0 unspecified atom stereocenters. The molecule has 4 fully saturated rings. The maximum Gasteiger partial charge on any atom is 0.325 e. The molecule has 242 valence electrons. The van der Waals surface area contributed by atoms with Gasteiger partial charge in [-0.1, -0.05) is 65.8 Å². The predicted molar refractivity (Wildman–Crippen MR) is 172 cm³/mol. The van der Waals surface area contributed by atoms with Crippen molar-refractivity contribution in [3.05, 3.63) is 24.3 Å². The molecular formula is C36H59N3O4. The molecule has 4 rings (SSSR count). The van der Waals surface area contributed by atoms with E-state index in [-0.39, 0.29) is 59.8 Å². The van der Waals surface area contributed by atoms with Crippen LogP contribution in [0.3, 0.4) is 0 Å². The molecule has 0 aromatic carbocycles. The van der Waals surface area contributed by atoms with Gasteiger partial charge in [0.05, 0.1) is 7.11 Å². The van der Waals surface area contributed by atoms with Gasteiger partial charge in [0, 0.05) is 23.9 Å². The van der Waals surface area contributed by atoms with E-state index >= 15 is 0 Å². The summed E-state index contributed by atoms with van der Waals surface area (Å²) in [5, 5.41) is 6.74. The Hall–Kier alpha value is -2.31. The fourth-order valence-corrected chi connectivity index (χ4v) is 9.76. The molecule has 0 heterocycles. The van der Waals surface area contributed by atoms with Gasteiger partial charge in [0.15, 0.2) is 0 Å². The third-order valence-corrected chi connectivity index (χ3v) is 12.1. The van der Waals surface area contributed by atoms with Gasteiger partial charge in [0.25, 0.3) is 0 Å². The van der Waals surface area contributed by atoms with Crippen molar-refractivity contribution in [1.29, 1.82) is 0 Å². The molecule has 4 aliphatic carbocycles. The summed E-state index contributed by atoms with van der Waals surface area (Å²) in [7, 11) is 1.32. The number of hydrogen-bond acceptors (Lipinski definition) is 4. The van der Waals surface area contributed by atoms with Crippen LogP contribution in [0.4, 0.5) is 4.79 Å². The highest BCUT2D eigenvalue weighted by atomic mass is 16.5. The van der Waals surface area contributed by atoms with Crippen LogP contribution in [0.25, 0.3) is 0 Å². The van der Waals surface area contributed by atoms with Gasteiger partial charge in [0.2, 0.25) is 5.91 Å². The first-order valence-electron chi connectivity index (χ1n) is 17.0. The molecule has 8 atom stereocenters. The Morgan fingerprint density at radius 1 is 0.814 bits per heavy atom. The van der Waals surface area contributed by atoms with Crippen molar-refractivity contribution in [1.82, 2.24) is 15.5 Å². The third kappa shape index (κ3) is 7.01. The zero-order chi connectivity index (χ0) is 31.7. The lowest BCUT2D eigenvalue weighted by molar-refractivity contribution is -0.141. The smallest absolute Gasteiger partial charge is 0.325 e. The van der Waals surface area contributed by atoms with Crippen LogP contribution in [0.15, 0.2) is 24.3 Å². The van der Waals surface area contributed by atoms with Gasteiger partial charge in [-0.3, -0.25) is 9.59 Å². The highest BCUT2D eigenvalue weighted by Gasteiger charge is 2.51. The Kier molecular flexibility index (Phi) is 10.4. The summed E-state index contributed by atoms with van der Waals surface area (Å²) in [5.41, 5.74) is 2.69. The molecule has 0 aromatic heterocycles. The number of carbonyl (C=O) groups excluding carboxylic acids is 3. The molecule has 0 aliphatic heterocycles. The van der Waals surface area contributed by atoms with Crippen LogP contribution in [-0.4, -0.2) is 55.1 Å².